The Balaban J connectivity index is 2.93. The van der Waals surface area contributed by atoms with E-state index in [9.17, 15) is 4.89 Å². The van der Waals surface area contributed by atoms with Crippen LogP contribution in [0.4, 0.5) is 0 Å². The van der Waals surface area contributed by atoms with E-state index in [-0.39, 0.29) is 0 Å². The zero-order valence-corrected chi connectivity index (χ0v) is 10.3. The lowest BCUT2D eigenvalue weighted by Crippen LogP contribution is -2.21. The summed E-state index contributed by atoms with van der Waals surface area (Å²) in [4.78, 5) is 10.0. The van der Waals surface area contributed by atoms with E-state index in [4.69, 9.17) is 16.3 Å². The lowest BCUT2D eigenvalue weighted by atomic mass is 10.2. The molecule has 0 spiro atoms. The van der Waals surface area contributed by atoms with Gasteiger partial charge in [0.15, 0.2) is 0 Å². The Morgan fingerprint density at radius 1 is 1.21 bits per heavy atom. The van der Waals surface area contributed by atoms with E-state index in [0.29, 0.717) is 5.30 Å². The van der Waals surface area contributed by atoms with E-state index >= 15 is 0 Å². The number of benzene rings is 1. The topological polar surface area (TPSA) is 29.5 Å². The molecule has 1 atom stereocenters. The molecule has 0 fully saturated rings. The summed E-state index contributed by atoms with van der Waals surface area (Å²) in [5, 5.41) is 0.699. The van der Waals surface area contributed by atoms with Gasteiger partial charge in [-0.25, -0.2) is 0 Å². The van der Waals surface area contributed by atoms with Crippen LogP contribution in [0.25, 0.3) is 0 Å². The monoisotopic (exact) mass is 230 g/mol. The SMILES string of the molecule is CC(C)(C)OP(O)(=S)c1ccccc1. The fraction of sp³-hybridized carbons (Fsp3) is 0.400. The molecule has 0 amide bonds. The molecule has 4 heteroatoms. The van der Waals surface area contributed by atoms with Crippen molar-refractivity contribution in [3.63, 3.8) is 0 Å². The van der Waals surface area contributed by atoms with Gasteiger partial charge >= 0.3 is 0 Å². The molecule has 2 nitrogen and oxygen atoms in total. The summed E-state index contributed by atoms with van der Waals surface area (Å²) in [6.45, 7) is 2.81. The molecule has 0 saturated heterocycles. The van der Waals surface area contributed by atoms with Crippen molar-refractivity contribution in [1.82, 2.24) is 0 Å². The van der Waals surface area contributed by atoms with Gasteiger partial charge in [0.25, 0.3) is 0 Å². The van der Waals surface area contributed by atoms with Gasteiger partial charge in [0.1, 0.15) is 0 Å². The van der Waals surface area contributed by atoms with Crippen LogP contribution in [-0.4, -0.2) is 10.5 Å². The molecule has 78 valence electrons. The second-order valence-corrected chi connectivity index (χ2v) is 7.28. The van der Waals surface area contributed by atoms with E-state index in [1.165, 1.54) is 0 Å². The Labute approximate surface area is 90.1 Å². The molecule has 1 rings (SSSR count). The molecule has 0 bridgehead atoms. The maximum absolute atomic E-state index is 10.0. The normalized spacial score (nSPS) is 16.3. The van der Waals surface area contributed by atoms with E-state index in [1.54, 1.807) is 12.1 Å². The fourth-order valence-electron chi connectivity index (χ4n) is 1.04. The van der Waals surface area contributed by atoms with Crippen molar-refractivity contribution in [3.8, 4) is 0 Å². The van der Waals surface area contributed by atoms with Crippen LogP contribution in [0.15, 0.2) is 30.3 Å². The molecule has 0 heterocycles. The van der Waals surface area contributed by atoms with Gasteiger partial charge in [-0.1, -0.05) is 18.2 Å². The predicted octanol–water partition coefficient (Wildman–Crippen LogP) is 2.43. The second-order valence-electron chi connectivity index (χ2n) is 4.06. The van der Waals surface area contributed by atoms with Crippen LogP contribution in [0.2, 0.25) is 0 Å². The van der Waals surface area contributed by atoms with Crippen molar-refractivity contribution in [2.45, 2.75) is 26.4 Å². The summed E-state index contributed by atoms with van der Waals surface area (Å²) in [6, 6.07) is 9.17. The van der Waals surface area contributed by atoms with Crippen LogP contribution < -0.4 is 5.30 Å². The molecule has 1 aromatic carbocycles. The summed E-state index contributed by atoms with van der Waals surface area (Å²) in [7, 11) is 0. The Morgan fingerprint density at radius 3 is 2.14 bits per heavy atom. The minimum Gasteiger partial charge on any atom is -0.342 e. The maximum Gasteiger partial charge on any atom is 0.217 e. The lowest BCUT2D eigenvalue weighted by Gasteiger charge is -2.26. The van der Waals surface area contributed by atoms with Crippen molar-refractivity contribution in [1.29, 1.82) is 0 Å². The van der Waals surface area contributed by atoms with E-state index < -0.39 is 12.1 Å². The van der Waals surface area contributed by atoms with Crippen molar-refractivity contribution in [3.05, 3.63) is 30.3 Å². The first-order chi connectivity index (χ1) is 6.31. The van der Waals surface area contributed by atoms with Gasteiger partial charge in [-0.05, 0) is 44.7 Å². The minimum atomic E-state index is -2.83. The molecule has 14 heavy (non-hydrogen) atoms. The van der Waals surface area contributed by atoms with Gasteiger partial charge in [0.05, 0.1) is 5.60 Å². The van der Waals surface area contributed by atoms with Gasteiger partial charge in [0, 0.05) is 5.30 Å². The molecule has 0 aliphatic heterocycles. The summed E-state index contributed by atoms with van der Waals surface area (Å²) in [5.74, 6) is 0. The molecule has 0 radical (unpaired) electrons. The minimum absolute atomic E-state index is 0.417. The number of rotatable bonds is 2. The fourth-order valence-corrected chi connectivity index (χ4v) is 3.47. The van der Waals surface area contributed by atoms with Gasteiger partial charge in [-0.2, -0.15) is 0 Å². The Bertz CT molecular complexity index is 343. The zero-order valence-electron chi connectivity index (χ0n) is 8.60. The van der Waals surface area contributed by atoms with E-state index in [2.05, 4.69) is 0 Å². The first-order valence-electron chi connectivity index (χ1n) is 4.40. The highest BCUT2D eigenvalue weighted by atomic mass is 32.5. The van der Waals surface area contributed by atoms with E-state index in [0.717, 1.165) is 0 Å². The van der Waals surface area contributed by atoms with Crippen LogP contribution in [0, 0.1) is 0 Å². The highest BCUT2D eigenvalue weighted by Gasteiger charge is 2.24. The molecule has 0 aliphatic carbocycles. The van der Waals surface area contributed by atoms with Crippen LogP contribution in [-0.2, 0) is 16.3 Å². The third-order valence-electron chi connectivity index (χ3n) is 1.48. The van der Waals surface area contributed by atoms with Crippen LogP contribution in [0.1, 0.15) is 20.8 Å². The predicted molar refractivity (Wildman–Crippen MR) is 63.4 cm³/mol. The Morgan fingerprint density at radius 2 is 1.71 bits per heavy atom. The summed E-state index contributed by atoms with van der Waals surface area (Å²) < 4.78 is 5.49. The summed E-state index contributed by atoms with van der Waals surface area (Å²) in [6.07, 6.45) is 0. The molecule has 1 N–H and O–H groups in total. The first-order valence-corrected chi connectivity index (χ1v) is 7.08. The first kappa shape index (κ1) is 11.9. The van der Waals surface area contributed by atoms with Gasteiger partial charge in [0.2, 0.25) is 6.49 Å². The Hall–Kier alpha value is -0.210. The largest absolute Gasteiger partial charge is 0.342 e. The zero-order chi connectivity index (χ0) is 10.8. The van der Waals surface area contributed by atoms with Crippen molar-refractivity contribution in [2.24, 2.45) is 0 Å². The van der Waals surface area contributed by atoms with Crippen molar-refractivity contribution < 1.29 is 9.42 Å². The molecule has 1 aromatic rings. The highest BCUT2D eigenvalue weighted by Crippen LogP contribution is 2.44. The highest BCUT2D eigenvalue weighted by molar-refractivity contribution is 8.13. The summed E-state index contributed by atoms with van der Waals surface area (Å²) in [5.41, 5.74) is -0.417. The van der Waals surface area contributed by atoms with Crippen molar-refractivity contribution >= 4 is 23.6 Å². The van der Waals surface area contributed by atoms with Gasteiger partial charge < -0.3 is 9.42 Å². The molecular weight excluding hydrogens is 215 g/mol. The molecule has 0 aliphatic rings. The standard InChI is InChI=1S/C10H15O2PS/c1-10(2,3)12-13(11,14)9-7-5-4-6-8-9/h4-8H,1-3H3,(H,11,14). The maximum atomic E-state index is 10.0. The van der Waals surface area contributed by atoms with Crippen molar-refractivity contribution in [2.75, 3.05) is 0 Å². The van der Waals surface area contributed by atoms with Gasteiger partial charge in [-0.3, -0.25) is 0 Å². The number of hydrogen-bond donors (Lipinski definition) is 1. The Kier molecular flexibility index (Phi) is 3.49. The summed E-state index contributed by atoms with van der Waals surface area (Å²) >= 11 is 5.10. The third kappa shape index (κ3) is 3.50. The smallest absolute Gasteiger partial charge is 0.217 e. The second kappa shape index (κ2) is 4.11. The average molecular weight is 230 g/mol. The molecule has 0 aromatic heterocycles. The number of hydrogen-bond acceptors (Lipinski definition) is 2. The lowest BCUT2D eigenvalue weighted by molar-refractivity contribution is 0.135. The van der Waals surface area contributed by atoms with Crippen LogP contribution in [0.3, 0.4) is 0 Å². The van der Waals surface area contributed by atoms with E-state index in [1.807, 2.05) is 39.0 Å². The molecular formula is C10H15O2PS. The average Bonchev–Trinajstić information content (AvgIpc) is 2.01. The van der Waals surface area contributed by atoms with Gasteiger partial charge in [-0.15, -0.1) is 0 Å². The third-order valence-corrected chi connectivity index (χ3v) is 4.08. The molecule has 1 unspecified atom stereocenters. The molecule has 0 saturated carbocycles. The quantitative estimate of drug-likeness (QED) is 0.791. The van der Waals surface area contributed by atoms with Crippen LogP contribution >= 0.6 is 6.49 Å². The van der Waals surface area contributed by atoms with Crippen LogP contribution in [0.5, 0.6) is 0 Å².